The molecule has 0 spiro atoms. The van der Waals surface area contributed by atoms with Crippen LogP contribution in [0.3, 0.4) is 0 Å². The van der Waals surface area contributed by atoms with Gasteiger partial charge in [-0.15, -0.1) is 0 Å². The number of carbonyl (C=O) groups is 1. The number of amides is 1. The molecule has 4 nitrogen and oxygen atoms in total. The number of carbonyl (C=O) groups excluding carboxylic acids is 1. The number of hydrogen-bond donors (Lipinski definition) is 0. The summed E-state index contributed by atoms with van der Waals surface area (Å²) in [6.07, 6.45) is 1.83. The minimum absolute atomic E-state index is 0.124. The first kappa shape index (κ1) is 18.5. The molecule has 3 aromatic rings. The molecule has 28 heavy (non-hydrogen) atoms. The maximum absolute atomic E-state index is 13.1. The van der Waals surface area contributed by atoms with Crippen molar-refractivity contribution in [2.24, 2.45) is 0 Å². The normalized spacial score (nSPS) is 15.5. The predicted octanol–water partition coefficient (Wildman–Crippen LogP) is 5.26. The van der Waals surface area contributed by atoms with Crippen molar-refractivity contribution in [3.63, 3.8) is 0 Å². The zero-order valence-electron chi connectivity index (χ0n) is 15.3. The maximum Gasteiger partial charge on any atom is 0.270 e. The number of benzene rings is 3. The molecule has 1 saturated heterocycles. The van der Waals surface area contributed by atoms with Crippen molar-refractivity contribution in [3.05, 3.63) is 71.1 Å². The summed E-state index contributed by atoms with van der Waals surface area (Å²) in [7, 11) is 3.18. The summed E-state index contributed by atoms with van der Waals surface area (Å²) in [5.41, 5.74) is 1.65. The highest BCUT2D eigenvalue weighted by atomic mass is 32.2. The van der Waals surface area contributed by atoms with E-state index in [1.807, 2.05) is 66.7 Å². The van der Waals surface area contributed by atoms with Gasteiger partial charge in [0.05, 0.1) is 24.8 Å². The van der Waals surface area contributed by atoms with Crippen molar-refractivity contribution in [1.82, 2.24) is 0 Å². The van der Waals surface area contributed by atoms with E-state index in [0.29, 0.717) is 20.7 Å². The molecule has 0 aliphatic carbocycles. The van der Waals surface area contributed by atoms with Gasteiger partial charge < -0.3 is 9.47 Å². The molecule has 1 aliphatic heterocycles. The van der Waals surface area contributed by atoms with Crippen LogP contribution in [-0.2, 0) is 4.79 Å². The van der Waals surface area contributed by atoms with Gasteiger partial charge in [0.15, 0.2) is 15.8 Å². The molecule has 140 valence electrons. The van der Waals surface area contributed by atoms with Crippen molar-refractivity contribution in [3.8, 4) is 11.5 Å². The molecule has 6 heteroatoms. The van der Waals surface area contributed by atoms with E-state index in [9.17, 15) is 4.79 Å². The lowest BCUT2D eigenvalue weighted by molar-refractivity contribution is -0.113. The van der Waals surface area contributed by atoms with E-state index in [2.05, 4.69) is 0 Å². The molecule has 1 fully saturated rings. The molecule has 1 amide bonds. The number of rotatable bonds is 4. The van der Waals surface area contributed by atoms with E-state index >= 15 is 0 Å². The quantitative estimate of drug-likeness (QED) is 0.436. The molecule has 0 N–H and O–H groups in total. The van der Waals surface area contributed by atoms with Gasteiger partial charge in [-0.2, -0.15) is 0 Å². The van der Waals surface area contributed by atoms with Gasteiger partial charge in [0.1, 0.15) is 0 Å². The maximum atomic E-state index is 13.1. The summed E-state index contributed by atoms with van der Waals surface area (Å²) in [5, 5.41) is 2.06. The minimum atomic E-state index is -0.124. The molecule has 0 atom stereocenters. The molecular weight excluding hydrogens is 390 g/mol. The monoisotopic (exact) mass is 407 g/mol. The second-order valence-electron chi connectivity index (χ2n) is 6.13. The van der Waals surface area contributed by atoms with Gasteiger partial charge in [-0.1, -0.05) is 66.4 Å². The van der Waals surface area contributed by atoms with E-state index in [1.165, 1.54) is 11.8 Å². The summed E-state index contributed by atoms with van der Waals surface area (Å²) in [6.45, 7) is 0. The van der Waals surface area contributed by atoms with Crippen molar-refractivity contribution >= 4 is 56.7 Å². The standard InChI is InChI=1S/C22H17NO3S2/c1-25-18-11-10-14(12-19(18)26-2)13-20-21(24)23(22(27)28-20)17-9-5-7-15-6-3-4-8-16(15)17/h3-13H,1-2H3/b20-13+. The lowest BCUT2D eigenvalue weighted by atomic mass is 10.1. The zero-order chi connectivity index (χ0) is 19.7. The van der Waals surface area contributed by atoms with Gasteiger partial charge in [0.2, 0.25) is 0 Å². The predicted molar refractivity (Wildman–Crippen MR) is 119 cm³/mol. The molecule has 1 heterocycles. The Bertz CT molecular complexity index is 1120. The molecule has 0 saturated carbocycles. The zero-order valence-corrected chi connectivity index (χ0v) is 17.0. The SMILES string of the molecule is COc1ccc(/C=C2/SC(=S)N(c3cccc4ccccc34)C2=O)cc1OC. The number of ether oxygens (including phenoxy) is 2. The first-order valence-electron chi connectivity index (χ1n) is 8.60. The van der Waals surface area contributed by atoms with E-state index in [-0.39, 0.29) is 5.91 Å². The van der Waals surface area contributed by atoms with Gasteiger partial charge in [0.25, 0.3) is 5.91 Å². The Hall–Kier alpha value is -2.83. The molecule has 0 radical (unpaired) electrons. The average Bonchev–Trinajstić information content (AvgIpc) is 3.00. The van der Waals surface area contributed by atoms with Crippen LogP contribution < -0.4 is 14.4 Å². The largest absolute Gasteiger partial charge is 0.493 e. The highest BCUT2D eigenvalue weighted by Gasteiger charge is 2.34. The first-order chi connectivity index (χ1) is 13.6. The van der Waals surface area contributed by atoms with Crippen molar-refractivity contribution < 1.29 is 14.3 Å². The van der Waals surface area contributed by atoms with Crippen LogP contribution in [0.4, 0.5) is 5.69 Å². The van der Waals surface area contributed by atoms with Gasteiger partial charge in [-0.25, -0.2) is 0 Å². The number of nitrogens with zero attached hydrogens (tertiary/aromatic N) is 1. The minimum Gasteiger partial charge on any atom is -0.493 e. The van der Waals surface area contributed by atoms with Crippen LogP contribution in [0.25, 0.3) is 16.8 Å². The number of thioether (sulfide) groups is 1. The Labute approximate surface area is 172 Å². The topological polar surface area (TPSA) is 38.8 Å². The van der Waals surface area contributed by atoms with Crippen LogP contribution >= 0.6 is 24.0 Å². The molecule has 1 aliphatic rings. The molecule has 3 aromatic carbocycles. The molecule has 0 bridgehead atoms. The van der Waals surface area contributed by atoms with Gasteiger partial charge in [0, 0.05) is 5.39 Å². The lowest BCUT2D eigenvalue weighted by Crippen LogP contribution is -2.27. The van der Waals surface area contributed by atoms with E-state index in [4.69, 9.17) is 21.7 Å². The van der Waals surface area contributed by atoms with Crippen molar-refractivity contribution in [2.45, 2.75) is 0 Å². The number of fused-ring (bicyclic) bond motifs is 1. The van der Waals surface area contributed by atoms with Gasteiger partial charge >= 0.3 is 0 Å². The highest BCUT2D eigenvalue weighted by Crippen LogP contribution is 2.39. The van der Waals surface area contributed by atoms with Gasteiger partial charge in [-0.05, 0) is 35.2 Å². The van der Waals surface area contributed by atoms with E-state index < -0.39 is 0 Å². The fourth-order valence-corrected chi connectivity index (χ4v) is 4.46. The fourth-order valence-electron chi connectivity index (χ4n) is 3.17. The van der Waals surface area contributed by atoms with Crippen molar-refractivity contribution in [2.75, 3.05) is 19.1 Å². The number of methoxy groups -OCH3 is 2. The van der Waals surface area contributed by atoms with Crippen LogP contribution in [0.2, 0.25) is 0 Å². The van der Waals surface area contributed by atoms with Gasteiger partial charge in [-0.3, -0.25) is 9.69 Å². The third-order valence-corrected chi connectivity index (χ3v) is 5.81. The second-order valence-corrected chi connectivity index (χ2v) is 7.81. The van der Waals surface area contributed by atoms with Crippen LogP contribution in [0, 0.1) is 0 Å². The molecule has 0 aromatic heterocycles. The van der Waals surface area contributed by atoms with Crippen LogP contribution in [0.5, 0.6) is 11.5 Å². The number of anilines is 1. The number of thiocarbonyl (C=S) groups is 1. The van der Waals surface area contributed by atoms with Crippen molar-refractivity contribution in [1.29, 1.82) is 0 Å². The Balaban J connectivity index is 1.72. The molecule has 0 unspecified atom stereocenters. The van der Waals surface area contributed by atoms with Crippen LogP contribution in [0.15, 0.2) is 65.6 Å². The smallest absolute Gasteiger partial charge is 0.270 e. The van der Waals surface area contributed by atoms with Crippen LogP contribution in [0.1, 0.15) is 5.56 Å². The second kappa shape index (κ2) is 7.66. The molecular formula is C22H17NO3S2. The molecule has 4 rings (SSSR count). The highest BCUT2D eigenvalue weighted by molar-refractivity contribution is 8.27. The van der Waals surface area contributed by atoms with E-state index in [0.717, 1.165) is 22.0 Å². The Morgan fingerprint density at radius 3 is 2.50 bits per heavy atom. The Morgan fingerprint density at radius 1 is 0.964 bits per heavy atom. The summed E-state index contributed by atoms with van der Waals surface area (Å²) >= 11 is 6.83. The average molecular weight is 408 g/mol. The Morgan fingerprint density at radius 2 is 1.71 bits per heavy atom. The summed E-state index contributed by atoms with van der Waals surface area (Å²) in [6, 6.07) is 19.4. The third-order valence-electron chi connectivity index (χ3n) is 4.51. The lowest BCUT2D eigenvalue weighted by Gasteiger charge is -2.17. The Kier molecular flexibility index (Phi) is 5.07. The summed E-state index contributed by atoms with van der Waals surface area (Å²) in [4.78, 5) is 15.3. The first-order valence-corrected chi connectivity index (χ1v) is 9.82. The third kappa shape index (κ3) is 3.25. The fraction of sp³-hybridized carbons (Fsp3) is 0.0909. The summed E-state index contributed by atoms with van der Waals surface area (Å²) in [5.74, 6) is 1.13. The number of hydrogen-bond acceptors (Lipinski definition) is 5. The van der Waals surface area contributed by atoms with Crippen LogP contribution in [-0.4, -0.2) is 24.4 Å². The van der Waals surface area contributed by atoms with E-state index in [1.54, 1.807) is 19.1 Å². The summed E-state index contributed by atoms with van der Waals surface area (Å²) < 4.78 is 11.1.